The van der Waals surface area contributed by atoms with Gasteiger partial charge < -0.3 is 5.32 Å². The summed E-state index contributed by atoms with van der Waals surface area (Å²) in [5, 5.41) is 7.16. The maximum atomic E-state index is 12.3. The molecular weight excluding hydrogens is 332 g/mol. The van der Waals surface area contributed by atoms with E-state index >= 15 is 0 Å². The van der Waals surface area contributed by atoms with Crippen LogP contribution >= 0.6 is 15.9 Å². The molecule has 0 radical (unpaired) electrons. The number of hydrogen-bond donors (Lipinski definition) is 1. The van der Waals surface area contributed by atoms with Gasteiger partial charge in [-0.2, -0.15) is 5.10 Å². The van der Waals surface area contributed by atoms with Crippen molar-refractivity contribution >= 4 is 33.2 Å². The molecule has 3 rings (SSSR count). The molecule has 0 saturated carbocycles. The molecule has 0 unspecified atom stereocenters. The highest BCUT2D eigenvalue weighted by molar-refractivity contribution is 9.10. The molecule has 2 heterocycles. The molecule has 0 aliphatic heterocycles. The molecule has 0 saturated heterocycles. The summed E-state index contributed by atoms with van der Waals surface area (Å²) in [7, 11) is 0. The molecule has 0 bridgehead atoms. The van der Waals surface area contributed by atoms with Crippen molar-refractivity contribution in [1.82, 2.24) is 14.6 Å². The summed E-state index contributed by atoms with van der Waals surface area (Å²) in [6.45, 7) is 3.80. The van der Waals surface area contributed by atoms with E-state index in [0.29, 0.717) is 11.3 Å². The summed E-state index contributed by atoms with van der Waals surface area (Å²) in [5.74, 6) is -0.234. The fourth-order valence-corrected chi connectivity index (χ4v) is 2.35. The largest absolute Gasteiger partial charge is 0.321 e. The summed E-state index contributed by atoms with van der Waals surface area (Å²) in [4.78, 5) is 16.6. The summed E-state index contributed by atoms with van der Waals surface area (Å²) in [6, 6.07) is 11.0. The topological polar surface area (TPSA) is 59.3 Å². The predicted octanol–water partition coefficient (Wildman–Crippen LogP) is 3.36. The summed E-state index contributed by atoms with van der Waals surface area (Å²) < 4.78 is 2.69. The van der Waals surface area contributed by atoms with Gasteiger partial charge in [0.15, 0.2) is 5.65 Å². The van der Waals surface area contributed by atoms with Crippen LogP contribution in [0.5, 0.6) is 0 Å². The van der Waals surface area contributed by atoms with Gasteiger partial charge >= 0.3 is 0 Å². The van der Waals surface area contributed by atoms with Crippen molar-refractivity contribution in [2.75, 3.05) is 5.32 Å². The fourth-order valence-electron chi connectivity index (χ4n) is 2.08. The Balaban J connectivity index is 1.92. The summed E-state index contributed by atoms with van der Waals surface area (Å²) in [6.07, 6.45) is 0. The van der Waals surface area contributed by atoms with Crippen LogP contribution in [0.4, 0.5) is 5.69 Å². The van der Waals surface area contributed by atoms with Crippen molar-refractivity contribution in [1.29, 1.82) is 0 Å². The zero-order valence-corrected chi connectivity index (χ0v) is 13.2. The van der Waals surface area contributed by atoms with E-state index in [1.165, 1.54) is 0 Å². The molecular formula is C15H13BrN4O. The Morgan fingerprint density at radius 1 is 1.19 bits per heavy atom. The van der Waals surface area contributed by atoms with E-state index in [9.17, 15) is 4.79 Å². The van der Waals surface area contributed by atoms with Gasteiger partial charge in [0, 0.05) is 21.9 Å². The average Bonchev–Trinajstić information content (AvgIpc) is 2.82. The molecule has 0 fully saturated rings. The minimum Gasteiger partial charge on any atom is -0.321 e. The van der Waals surface area contributed by atoms with Crippen molar-refractivity contribution < 1.29 is 4.79 Å². The van der Waals surface area contributed by atoms with Crippen LogP contribution in [-0.2, 0) is 0 Å². The molecule has 1 amide bonds. The highest BCUT2D eigenvalue weighted by atomic mass is 79.9. The molecule has 2 aromatic heterocycles. The zero-order chi connectivity index (χ0) is 15.0. The maximum Gasteiger partial charge on any atom is 0.274 e. The Labute approximate surface area is 130 Å². The first kappa shape index (κ1) is 13.8. The second-order valence-electron chi connectivity index (χ2n) is 4.80. The van der Waals surface area contributed by atoms with Crippen LogP contribution < -0.4 is 5.32 Å². The van der Waals surface area contributed by atoms with E-state index in [-0.39, 0.29) is 5.91 Å². The quantitative estimate of drug-likeness (QED) is 0.775. The highest BCUT2D eigenvalue weighted by Crippen LogP contribution is 2.15. The highest BCUT2D eigenvalue weighted by Gasteiger charge is 2.12. The fraction of sp³-hybridized carbons (Fsp3) is 0.133. The second-order valence-corrected chi connectivity index (χ2v) is 5.72. The number of halogens is 1. The molecule has 5 nitrogen and oxygen atoms in total. The standard InChI is InChI=1S/C15H13BrN4O/c1-9-7-14-18-13(8-10(2)20(14)19-9)15(21)17-12-5-3-11(16)4-6-12/h3-8H,1-2H3,(H,17,21). The predicted molar refractivity (Wildman–Crippen MR) is 84.6 cm³/mol. The lowest BCUT2D eigenvalue weighted by Crippen LogP contribution is -2.15. The maximum absolute atomic E-state index is 12.3. The van der Waals surface area contributed by atoms with Crippen molar-refractivity contribution in [3.63, 3.8) is 0 Å². The molecule has 106 valence electrons. The van der Waals surface area contributed by atoms with Crippen LogP contribution in [0.1, 0.15) is 21.9 Å². The van der Waals surface area contributed by atoms with E-state index in [4.69, 9.17) is 0 Å². The van der Waals surface area contributed by atoms with Gasteiger partial charge in [-0.3, -0.25) is 4.79 Å². The number of amides is 1. The van der Waals surface area contributed by atoms with E-state index in [0.717, 1.165) is 21.5 Å². The zero-order valence-electron chi connectivity index (χ0n) is 11.6. The minimum atomic E-state index is -0.234. The van der Waals surface area contributed by atoms with Crippen LogP contribution in [0.15, 0.2) is 40.9 Å². The van der Waals surface area contributed by atoms with Crippen molar-refractivity contribution in [3.05, 3.63) is 58.0 Å². The Morgan fingerprint density at radius 3 is 2.62 bits per heavy atom. The van der Waals surface area contributed by atoms with Gasteiger partial charge in [0.05, 0.1) is 5.69 Å². The monoisotopic (exact) mass is 344 g/mol. The van der Waals surface area contributed by atoms with Crippen LogP contribution in [0.25, 0.3) is 5.65 Å². The van der Waals surface area contributed by atoms with Gasteiger partial charge in [-0.15, -0.1) is 0 Å². The van der Waals surface area contributed by atoms with Gasteiger partial charge in [-0.1, -0.05) is 15.9 Å². The van der Waals surface area contributed by atoms with Gasteiger partial charge in [0.25, 0.3) is 5.91 Å². The Bertz CT molecular complexity index is 824. The van der Waals surface area contributed by atoms with E-state index in [1.807, 2.05) is 44.2 Å². The Hall–Kier alpha value is -2.21. The third kappa shape index (κ3) is 2.80. The molecule has 1 aromatic carbocycles. The number of nitrogens with zero attached hydrogens (tertiary/aromatic N) is 3. The number of benzene rings is 1. The molecule has 0 aliphatic carbocycles. The Morgan fingerprint density at radius 2 is 1.90 bits per heavy atom. The van der Waals surface area contributed by atoms with Crippen LogP contribution in [0, 0.1) is 13.8 Å². The summed E-state index contributed by atoms with van der Waals surface area (Å²) in [5.41, 5.74) is 3.52. The van der Waals surface area contributed by atoms with Crippen molar-refractivity contribution in [2.45, 2.75) is 13.8 Å². The first-order valence-corrected chi connectivity index (χ1v) is 7.23. The van der Waals surface area contributed by atoms with Crippen LogP contribution in [0.2, 0.25) is 0 Å². The molecule has 3 aromatic rings. The third-order valence-corrected chi connectivity index (χ3v) is 3.59. The molecule has 0 spiro atoms. The van der Waals surface area contributed by atoms with E-state index in [2.05, 4.69) is 31.3 Å². The molecule has 21 heavy (non-hydrogen) atoms. The SMILES string of the molecule is Cc1cc2nc(C(=O)Nc3ccc(Br)cc3)cc(C)n2n1. The number of carbonyl (C=O) groups is 1. The van der Waals surface area contributed by atoms with E-state index in [1.54, 1.807) is 10.6 Å². The normalized spacial score (nSPS) is 10.8. The number of nitrogens with one attached hydrogen (secondary N) is 1. The first-order chi connectivity index (χ1) is 10.0. The number of hydrogen-bond acceptors (Lipinski definition) is 3. The summed E-state index contributed by atoms with van der Waals surface area (Å²) >= 11 is 3.36. The van der Waals surface area contributed by atoms with Gasteiger partial charge in [-0.25, -0.2) is 9.50 Å². The molecule has 0 aliphatic rings. The van der Waals surface area contributed by atoms with Gasteiger partial charge in [0.2, 0.25) is 0 Å². The smallest absolute Gasteiger partial charge is 0.274 e. The number of aromatic nitrogens is 3. The number of fused-ring (bicyclic) bond motifs is 1. The number of carbonyl (C=O) groups excluding carboxylic acids is 1. The lowest BCUT2D eigenvalue weighted by molar-refractivity contribution is 0.102. The first-order valence-electron chi connectivity index (χ1n) is 6.44. The number of aryl methyl sites for hydroxylation is 2. The number of rotatable bonds is 2. The lowest BCUT2D eigenvalue weighted by Gasteiger charge is -2.06. The number of anilines is 1. The van der Waals surface area contributed by atoms with Crippen LogP contribution in [0.3, 0.4) is 0 Å². The minimum absolute atomic E-state index is 0.234. The van der Waals surface area contributed by atoms with Crippen LogP contribution in [-0.4, -0.2) is 20.5 Å². The van der Waals surface area contributed by atoms with Gasteiger partial charge in [-0.05, 0) is 44.2 Å². The van der Waals surface area contributed by atoms with Crippen molar-refractivity contribution in [3.8, 4) is 0 Å². The molecule has 1 N–H and O–H groups in total. The van der Waals surface area contributed by atoms with Gasteiger partial charge in [0.1, 0.15) is 5.69 Å². The lowest BCUT2D eigenvalue weighted by atomic mass is 10.3. The average molecular weight is 345 g/mol. The molecule has 0 atom stereocenters. The third-order valence-electron chi connectivity index (χ3n) is 3.06. The van der Waals surface area contributed by atoms with E-state index < -0.39 is 0 Å². The van der Waals surface area contributed by atoms with Crippen molar-refractivity contribution in [2.24, 2.45) is 0 Å². The second kappa shape index (κ2) is 5.29. The Kier molecular flexibility index (Phi) is 3.47. The molecule has 6 heteroatoms.